The minimum atomic E-state index is -4.08. The molecule has 4 N–H and O–H groups in total. The van der Waals surface area contributed by atoms with Crippen LogP contribution >= 0.6 is 0 Å². The van der Waals surface area contributed by atoms with Gasteiger partial charge in [-0.15, -0.1) is 0 Å². The molecule has 0 unspecified atom stereocenters. The minimum Gasteiger partial charge on any atom is -0.488 e. The van der Waals surface area contributed by atoms with Crippen LogP contribution in [0.15, 0.2) is 28.0 Å². The van der Waals surface area contributed by atoms with Crippen molar-refractivity contribution in [1.29, 1.82) is 0 Å². The summed E-state index contributed by atoms with van der Waals surface area (Å²) >= 11 is 0. The van der Waals surface area contributed by atoms with Crippen molar-refractivity contribution in [3.63, 3.8) is 0 Å². The van der Waals surface area contributed by atoms with Crippen LogP contribution in [0.3, 0.4) is 0 Å². The van der Waals surface area contributed by atoms with Crippen LogP contribution < -0.4 is 15.0 Å². The Hall–Kier alpha value is -1.16. The molecule has 1 fully saturated rings. The van der Waals surface area contributed by atoms with E-state index in [1.807, 2.05) is 0 Å². The molecule has 2 rings (SSSR count). The Morgan fingerprint density at radius 1 is 1.00 bits per heavy atom. The number of primary sulfonamides is 2. The first-order valence-electron chi connectivity index (χ1n) is 5.05. The van der Waals surface area contributed by atoms with E-state index in [0.29, 0.717) is 0 Å². The number of rotatable bonds is 4. The van der Waals surface area contributed by atoms with E-state index in [2.05, 4.69) is 0 Å². The molecule has 0 atom stereocenters. The highest BCUT2D eigenvalue weighted by atomic mass is 32.2. The number of benzene rings is 1. The van der Waals surface area contributed by atoms with E-state index in [0.717, 1.165) is 12.8 Å². The van der Waals surface area contributed by atoms with Crippen LogP contribution in [0.5, 0.6) is 5.75 Å². The fourth-order valence-corrected chi connectivity index (χ4v) is 2.85. The lowest BCUT2D eigenvalue weighted by atomic mass is 10.3. The van der Waals surface area contributed by atoms with Gasteiger partial charge in [0.2, 0.25) is 20.0 Å². The van der Waals surface area contributed by atoms with Crippen LogP contribution in [0.4, 0.5) is 0 Å². The summed E-state index contributed by atoms with van der Waals surface area (Å²) in [6.45, 7) is 0. The molecule has 9 heteroatoms. The predicted molar refractivity (Wildman–Crippen MR) is 62.8 cm³/mol. The molecular weight excluding hydrogens is 280 g/mol. The van der Waals surface area contributed by atoms with Gasteiger partial charge in [-0.1, -0.05) is 6.07 Å². The summed E-state index contributed by atoms with van der Waals surface area (Å²) in [5.41, 5.74) is 0. The summed E-state index contributed by atoms with van der Waals surface area (Å²) < 4.78 is 50.9. The van der Waals surface area contributed by atoms with Crippen LogP contribution in [-0.4, -0.2) is 22.9 Å². The van der Waals surface area contributed by atoms with Crippen molar-refractivity contribution >= 4 is 20.0 Å². The Morgan fingerprint density at radius 2 is 1.44 bits per heavy atom. The predicted octanol–water partition coefficient (Wildman–Crippen LogP) is -0.477. The zero-order chi connectivity index (χ0) is 13.6. The molecule has 1 aromatic carbocycles. The molecule has 1 saturated carbocycles. The quantitative estimate of drug-likeness (QED) is 0.774. The number of hydrogen-bond donors (Lipinski definition) is 2. The smallest absolute Gasteiger partial charge is 0.241 e. The van der Waals surface area contributed by atoms with Crippen LogP contribution in [0.2, 0.25) is 0 Å². The van der Waals surface area contributed by atoms with Gasteiger partial charge in [0.25, 0.3) is 0 Å². The van der Waals surface area contributed by atoms with Crippen LogP contribution in [-0.2, 0) is 20.0 Å². The van der Waals surface area contributed by atoms with Gasteiger partial charge in [-0.2, -0.15) is 0 Å². The van der Waals surface area contributed by atoms with E-state index in [4.69, 9.17) is 15.0 Å². The van der Waals surface area contributed by atoms with E-state index >= 15 is 0 Å². The molecule has 1 aromatic rings. The maximum atomic E-state index is 11.4. The fourth-order valence-electron chi connectivity index (χ4n) is 1.41. The number of para-hydroxylation sites is 1. The summed E-state index contributed by atoms with van der Waals surface area (Å²) in [5.74, 6) is -0.287. The van der Waals surface area contributed by atoms with Crippen molar-refractivity contribution in [1.82, 2.24) is 0 Å². The average molecular weight is 292 g/mol. The molecule has 0 heterocycles. The molecule has 0 aliphatic heterocycles. The zero-order valence-electron chi connectivity index (χ0n) is 9.24. The average Bonchev–Trinajstić information content (AvgIpc) is 2.98. The number of hydrogen-bond acceptors (Lipinski definition) is 5. The van der Waals surface area contributed by atoms with Crippen molar-refractivity contribution in [2.45, 2.75) is 28.7 Å². The van der Waals surface area contributed by atoms with Crippen molar-refractivity contribution in [3.05, 3.63) is 18.2 Å². The third kappa shape index (κ3) is 2.80. The lowest BCUT2D eigenvalue weighted by Gasteiger charge is -2.12. The van der Waals surface area contributed by atoms with Gasteiger partial charge < -0.3 is 4.74 Å². The minimum absolute atomic E-state index is 0.187. The van der Waals surface area contributed by atoms with Crippen molar-refractivity contribution in [2.24, 2.45) is 10.3 Å². The van der Waals surface area contributed by atoms with Gasteiger partial charge in [0.05, 0.1) is 6.10 Å². The van der Waals surface area contributed by atoms with E-state index in [1.165, 1.54) is 18.2 Å². The molecule has 0 radical (unpaired) electrons. The second kappa shape index (κ2) is 4.19. The second-order valence-electron chi connectivity index (χ2n) is 3.99. The molecule has 18 heavy (non-hydrogen) atoms. The van der Waals surface area contributed by atoms with Gasteiger partial charge in [0.15, 0.2) is 5.75 Å². The van der Waals surface area contributed by atoms with Crippen molar-refractivity contribution in [3.8, 4) is 5.75 Å². The number of sulfonamides is 2. The van der Waals surface area contributed by atoms with E-state index in [1.54, 1.807) is 0 Å². The maximum Gasteiger partial charge on any atom is 0.241 e. The van der Waals surface area contributed by atoms with Gasteiger partial charge in [0, 0.05) is 0 Å². The molecule has 7 nitrogen and oxygen atoms in total. The Morgan fingerprint density at radius 3 is 1.78 bits per heavy atom. The van der Waals surface area contributed by atoms with Gasteiger partial charge in [-0.05, 0) is 25.0 Å². The van der Waals surface area contributed by atoms with Crippen LogP contribution in [0.25, 0.3) is 0 Å². The van der Waals surface area contributed by atoms with E-state index in [-0.39, 0.29) is 21.6 Å². The van der Waals surface area contributed by atoms with Gasteiger partial charge in [-0.3, -0.25) is 0 Å². The Labute approximate surface area is 105 Å². The summed E-state index contributed by atoms with van der Waals surface area (Å²) in [7, 11) is -8.16. The first kappa shape index (κ1) is 13.3. The Bertz CT molecular complexity index is 627. The first-order chi connectivity index (χ1) is 8.19. The van der Waals surface area contributed by atoms with E-state index in [9.17, 15) is 16.8 Å². The Kier molecular flexibility index (Phi) is 3.09. The lowest BCUT2D eigenvalue weighted by Crippen LogP contribution is -2.19. The Balaban J connectivity index is 2.67. The molecule has 0 bridgehead atoms. The number of ether oxygens (including phenoxy) is 1. The summed E-state index contributed by atoms with van der Waals surface area (Å²) in [6.07, 6.45) is 1.29. The highest BCUT2D eigenvalue weighted by molar-refractivity contribution is 7.90. The zero-order valence-corrected chi connectivity index (χ0v) is 10.9. The third-order valence-electron chi connectivity index (χ3n) is 2.36. The molecule has 0 spiro atoms. The monoisotopic (exact) mass is 292 g/mol. The van der Waals surface area contributed by atoms with Crippen LogP contribution in [0.1, 0.15) is 12.8 Å². The van der Waals surface area contributed by atoms with Crippen molar-refractivity contribution in [2.75, 3.05) is 0 Å². The normalized spacial score (nSPS) is 16.6. The fraction of sp³-hybridized carbons (Fsp3) is 0.333. The SMILES string of the molecule is NS(=O)(=O)c1cccc(S(N)(=O)=O)c1OC1CC1. The molecule has 0 saturated heterocycles. The van der Waals surface area contributed by atoms with Gasteiger partial charge in [0.1, 0.15) is 9.79 Å². The molecule has 1 aliphatic carbocycles. The largest absolute Gasteiger partial charge is 0.488 e. The molecule has 0 amide bonds. The summed E-state index contributed by atoms with van der Waals surface area (Å²) in [6, 6.07) is 3.61. The van der Waals surface area contributed by atoms with Crippen molar-refractivity contribution < 1.29 is 21.6 Å². The second-order valence-corrected chi connectivity index (χ2v) is 7.05. The molecule has 0 aromatic heterocycles. The highest BCUT2D eigenvalue weighted by Gasteiger charge is 2.30. The maximum absolute atomic E-state index is 11.4. The third-order valence-corrected chi connectivity index (χ3v) is 4.23. The lowest BCUT2D eigenvalue weighted by molar-refractivity contribution is 0.286. The first-order valence-corrected chi connectivity index (χ1v) is 8.14. The standard InChI is InChI=1S/C9H12N2O5S2/c10-17(12,13)7-2-1-3-8(18(11,14)15)9(7)16-6-4-5-6/h1-3,6H,4-5H2,(H2,10,12,13)(H2,11,14,15). The van der Waals surface area contributed by atoms with Gasteiger partial charge in [-0.25, -0.2) is 27.1 Å². The summed E-state index contributed by atoms with van der Waals surface area (Å²) in [4.78, 5) is -0.748. The topological polar surface area (TPSA) is 130 Å². The summed E-state index contributed by atoms with van der Waals surface area (Å²) in [5, 5.41) is 10.0. The molecule has 100 valence electrons. The number of nitrogens with two attached hydrogens (primary N) is 2. The van der Waals surface area contributed by atoms with Crippen LogP contribution in [0, 0.1) is 0 Å². The van der Waals surface area contributed by atoms with E-state index < -0.39 is 20.0 Å². The molecule has 1 aliphatic rings. The highest BCUT2D eigenvalue weighted by Crippen LogP contribution is 2.35. The molecular formula is C9H12N2O5S2. The van der Waals surface area contributed by atoms with Gasteiger partial charge >= 0.3 is 0 Å².